The van der Waals surface area contributed by atoms with Crippen LogP contribution in [0.15, 0.2) is 12.1 Å². The minimum Gasteiger partial charge on any atom is -0.507 e. The van der Waals surface area contributed by atoms with Crippen molar-refractivity contribution in [1.29, 1.82) is 0 Å². The maximum Gasteiger partial charge on any atom is 0.222 e. The Kier molecular flexibility index (Phi) is 4.65. The molecule has 0 aliphatic carbocycles. The maximum absolute atomic E-state index is 11.6. The molecule has 0 aromatic heterocycles. The lowest BCUT2D eigenvalue weighted by atomic mass is 9.95. The van der Waals surface area contributed by atoms with Crippen LogP contribution in [0.2, 0.25) is 0 Å². The SMILES string of the molecule is CNC(=O)C1CCN(Cc2cc(C)c(O)c(C)c2)CC1. The van der Waals surface area contributed by atoms with Crippen molar-refractivity contribution in [3.63, 3.8) is 0 Å². The van der Waals surface area contributed by atoms with Gasteiger partial charge >= 0.3 is 0 Å². The van der Waals surface area contributed by atoms with Gasteiger partial charge in [0, 0.05) is 19.5 Å². The number of rotatable bonds is 3. The number of aryl methyl sites for hydroxylation is 2. The average molecular weight is 276 g/mol. The van der Waals surface area contributed by atoms with Gasteiger partial charge in [-0.2, -0.15) is 0 Å². The predicted molar refractivity (Wildman–Crippen MR) is 79.6 cm³/mol. The second-order valence-corrected chi connectivity index (χ2v) is 5.74. The number of phenolic OH excluding ortho intramolecular Hbond substituents is 1. The van der Waals surface area contributed by atoms with Gasteiger partial charge in [-0.05, 0) is 56.5 Å². The molecule has 4 heteroatoms. The molecule has 2 N–H and O–H groups in total. The van der Waals surface area contributed by atoms with E-state index in [-0.39, 0.29) is 11.8 Å². The molecule has 1 saturated heterocycles. The summed E-state index contributed by atoms with van der Waals surface area (Å²) in [5, 5.41) is 12.5. The monoisotopic (exact) mass is 276 g/mol. The zero-order chi connectivity index (χ0) is 14.7. The summed E-state index contributed by atoms with van der Waals surface area (Å²) >= 11 is 0. The van der Waals surface area contributed by atoms with Crippen molar-refractivity contribution >= 4 is 5.91 Å². The Bertz CT molecular complexity index is 468. The van der Waals surface area contributed by atoms with Gasteiger partial charge in [0.1, 0.15) is 5.75 Å². The van der Waals surface area contributed by atoms with E-state index in [1.807, 2.05) is 26.0 Å². The summed E-state index contributed by atoms with van der Waals surface area (Å²) in [5.41, 5.74) is 3.09. The van der Waals surface area contributed by atoms with Gasteiger partial charge < -0.3 is 10.4 Å². The summed E-state index contributed by atoms with van der Waals surface area (Å²) in [5.74, 6) is 0.729. The van der Waals surface area contributed by atoms with Gasteiger partial charge in [-0.3, -0.25) is 9.69 Å². The highest BCUT2D eigenvalue weighted by molar-refractivity contribution is 5.78. The third-order valence-electron chi connectivity index (χ3n) is 4.16. The molecule has 0 radical (unpaired) electrons. The standard InChI is InChI=1S/C16H24N2O2/c1-11-8-13(9-12(2)15(11)19)10-18-6-4-14(5-7-18)16(20)17-3/h8-9,14,19H,4-7,10H2,1-3H3,(H,17,20). The van der Waals surface area contributed by atoms with Crippen molar-refractivity contribution in [2.45, 2.75) is 33.2 Å². The molecule has 0 bridgehead atoms. The van der Waals surface area contributed by atoms with Gasteiger partial charge in [-0.15, -0.1) is 0 Å². The van der Waals surface area contributed by atoms with E-state index in [1.165, 1.54) is 5.56 Å². The summed E-state index contributed by atoms with van der Waals surface area (Å²) < 4.78 is 0. The van der Waals surface area contributed by atoms with Crippen molar-refractivity contribution in [1.82, 2.24) is 10.2 Å². The molecule has 20 heavy (non-hydrogen) atoms. The lowest BCUT2D eigenvalue weighted by Crippen LogP contribution is -2.39. The van der Waals surface area contributed by atoms with Crippen molar-refractivity contribution in [2.24, 2.45) is 5.92 Å². The Labute approximate surface area is 120 Å². The summed E-state index contributed by atoms with van der Waals surface area (Å²) in [4.78, 5) is 14.0. The Balaban J connectivity index is 1.94. The number of carbonyl (C=O) groups is 1. The maximum atomic E-state index is 11.6. The third kappa shape index (κ3) is 3.31. The molecule has 1 heterocycles. The molecule has 4 nitrogen and oxygen atoms in total. The molecule has 0 atom stereocenters. The van der Waals surface area contributed by atoms with E-state index in [9.17, 15) is 9.90 Å². The van der Waals surface area contributed by atoms with Gasteiger partial charge in [0.15, 0.2) is 0 Å². The fourth-order valence-corrected chi connectivity index (χ4v) is 2.95. The van der Waals surface area contributed by atoms with Gasteiger partial charge in [0.2, 0.25) is 5.91 Å². The van der Waals surface area contributed by atoms with E-state index in [1.54, 1.807) is 7.05 Å². The fourth-order valence-electron chi connectivity index (χ4n) is 2.95. The van der Waals surface area contributed by atoms with Gasteiger partial charge in [-0.1, -0.05) is 12.1 Å². The number of hydrogen-bond acceptors (Lipinski definition) is 3. The third-order valence-corrected chi connectivity index (χ3v) is 4.16. The minimum absolute atomic E-state index is 0.166. The molecule has 1 aromatic carbocycles. The molecular weight excluding hydrogens is 252 g/mol. The Morgan fingerprint density at radius 1 is 1.30 bits per heavy atom. The Morgan fingerprint density at radius 2 is 1.85 bits per heavy atom. The topological polar surface area (TPSA) is 52.6 Å². The number of piperidine rings is 1. The van der Waals surface area contributed by atoms with Crippen LogP contribution < -0.4 is 5.32 Å². The van der Waals surface area contributed by atoms with Crippen LogP contribution in [0, 0.1) is 19.8 Å². The molecule has 1 aromatic rings. The molecule has 2 rings (SSSR count). The van der Waals surface area contributed by atoms with Crippen molar-refractivity contribution in [2.75, 3.05) is 20.1 Å². The number of amides is 1. The Hall–Kier alpha value is -1.55. The quantitative estimate of drug-likeness (QED) is 0.887. The van der Waals surface area contributed by atoms with Crippen LogP contribution in [0.5, 0.6) is 5.75 Å². The number of nitrogens with one attached hydrogen (secondary N) is 1. The molecule has 1 aliphatic heterocycles. The van der Waals surface area contributed by atoms with Crippen LogP contribution in [0.3, 0.4) is 0 Å². The molecule has 0 spiro atoms. The van der Waals surface area contributed by atoms with E-state index < -0.39 is 0 Å². The second-order valence-electron chi connectivity index (χ2n) is 5.74. The first-order valence-electron chi connectivity index (χ1n) is 7.24. The number of nitrogens with zero attached hydrogens (tertiary/aromatic N) is 1. The summed E-state index contributed by atoms with van der Waals surface area (Å²) in [6, 6.07) is 4.10. The van der Waals surface area contributed by atoms with Crippen LogP contribution >= 0.6 is 0 Å². The Morgan fingerprint density at radius 3 is 2.35 bits per heavy atom. The summed E-state index contributed by atoms with van der Waals surface area (Å²) in [7, 11) is 1.71. The number of aromatic hydroxyl groups is 1. The van der Waals surface area contributed by atoms with Gasteiger partial charge in [0.05, 0.1) is 0 Å². The summed E-state index contributed by atoms with van der Waals surface area (Å²) in [6.45, 7) is 6.67. The second kappa shape index (κ2) is 6.27. The van der Waals surface area contributed by atoms with Gasteiger partial charge in [-0.25, -0.2) is 0 Å². The number of carbonyl (C=O) groups excluding carboxylic acids is 1. The zero-order valence-corrected chi connectivity index (χ0v) is 12.6. The van der Waals surface area contributed by atoms with Crippen LogP contribution in [-0.2, 0) is 11.3 Å². The van der Waals surface area contributed by atoms with Crippen molar-refractivity contribution < 1.29 is 9.90 Å². The molecule has 0 unspecified atom stereocenters. The highest BCUT2D eigenvalue weighted by atomic mass is 16.3. The molecule has 1 amide bonds. The lowest BCUT2D eigenvalue weighted by molar-refractivity contribution is -0.125. The van der Waals surface area contributed by atoms with Gasteiger partial charge in [0.25, 0.3) is 0 Å². The fraction of sp³-hybridized carbons (Fsp3) is 0.562. The highest BCUT2D eigenvalue weighted by Gasteiger charge is 2.24. The van der Waals surface area contributed by atoms with E-state index in [2.05, 4.69) is 10.2 Å². The highest BCUT2D eigenvalue weighted by Crippen LogP contribution is 2.25. The number of likely N-dealkylation sites (tertiary alicyclic amines) is 1. The molecule has 0 saturated carbocycles. The largest absolute Gasteiger partial charge is 0.507 e. The van der Waals surface area contributed by atoms with E-state index in [0.717, 1.165) is 43.6 Å². The number of hydrogen-bond donors (Lipinski definition) is 2. The van der Waals surface area contributed by atoms with E-state index in [0.29, 0.717) is 5.75 Å². The molecular formula is C16H24N2O2. The first-order valence-corrected chi connectivity index (χ1v) is 7.24. The minimum atomic E-state index is 0.166. The normalized spacial score (nSPS) is 17.1. The molecule has 1 fully saturated rings. The number of benzene rings is 1. The zero-order valence-electron chi connectivity index (χ0n) is 12.6. The lowest BCUT2D eigenvalue weighted by Gasteiger charge is -2.31. The van der Waals surface area contributed by atoms with Crippen LogP contribution in [-0.4, -0.2) is 36.1 Å². The van der Waals surface area contributed by atoms with E-state index >= 15 is 0 Å². The average Bonchev–Trinajstić information content (AvgIpc) is 2.44. The van der Waals surface area contributed by atoms with Crippen molar-refractivity contribution in [3.8, 4) is 5.75 Å². The van der Waals surface area contributed by atoms with Crippen LogP contribution in [0.25, 0.3) is 0 Å². The smallest absolute Gasteiger partial charge is 0.222 e. The van der Waals surface area contributed by atoms with Crippen LogP contribution in [0.1, 0.15) is 29.5 Å². The van der Waals surface area contributed by atoms with E-state index in [4.69, 9.17) is 0 Å². The van der Waals surface area contributed by atoms with Crippen molar-refractivity contribution in [3.05, 3.63) is 28.8 Å². The summed E-state index contributed by atoms with van der Waals surface area (Å²) in [6.07, 6.45) is 1.85. The predicted octanol–water partition coefficient (Wildman–Crippen LogP) is 1.97. The van der Waals surface area contributed by atoms with Crippen LogP contribution in [0.4, 0.5) is 0 Å². The first-order chi connectivity index (χ1) is 9.51. The molecule has 110 valence electrons. The first kappa shape index (κ1) is 14.9. The molecule has 1 aliphatic rings. The number of phenols is 1.